The van der Waals surface area contributed by atoms with Crippen molar-refractivity contribution in [2.45, 2.75) is 12.8 Å². The van der Waals surface area contributed by atoms with Crippen LogP contribution in [0.5, 0.6) is 5.75 Å². The first-order valence-electron chi connectivity index (χ1n) is 8.01. The highest BCUT2D eigenvalue weighted by atomic mass is 16.5. The predicted molar refractivity (Wildman–Crippen MR) is 90.9 cm³/mol. The number of methoxy groups -OCH3 is 1. The molecule has 0 atom stereocenters. The van der Waals surface area contributed by atoms with Gasteiger partial charge >= 0.3 is 0 Å². The average molecular weight is 318 g/mol. The number of para-hydroxylation sites is 1. The number of benzene rings is 1. The van der Waals surface area contributed by atoms with E-state index < -0.39 is 0 Å². The molecule has 1 saturated heterocycles. The second-order valence-electron chi connectivity index (χ2n) is 5.96. The lowest BCUT2D eigenvalue weighted by atomic mass is 9.79. The molecule has 1 heterocycles. The van der Waals surface area contributed by atoms with E-state index in [9.17, 15) is 4.79 Å². The zero-order valence-electron chi connectivity index (χ0n) is 13.8. The average Bonchev–Trinajstić information content (AvgIpc) is 2.59. The highest BCUT2D eigenvalue weighted by Gasteiger charge is 2.32. The van der Waals surface area contributed by atoms with Crippen LogP contribution in [0.4, 0.5) is 0 Å². The van der Waals surface area contributed by atoms with Crippen molar-refractivity contribution in [1.29, 1.82) is 0 Å². The van der Waals surface area contributed by atoms with E-state index in [1.165, 1.54) is 0 Å². The molecule has 126 valence electrons. The van der Waals surface area contributed by atoms with Crippen LogP contribution in [0.1, 0.15) is 23.2 Å². The van der Waals surface area contributed by atoms with Gasteiger partial charge in [0.15, 0.2) is 0 Å². The molecule has 0 aromatic heterocycles. The maximum absolute atomic E-state index is 12.5. The molecule has 1 fully saturated rings. The van der Waals surface area contributed by atoms with E-state index in [1.54, 1.807) is 25.3 Å². The van der Waals surface area contributed by atoms with Crippen LogP contribution in [-0.2, 0) is 4.74 Å². The Morgan fingerprint density at radius 1 is 1.39 bits per heavy atom. The van der Waals surface area contributed by atoms with Crippen LogP contribution in [0.15, 0.2) is 36.9 Å². The van der Waals surface area contributed by atoms with Crippen molar-refractivity contribution >= 4 is 5.91 Å². The molecule has 1 aliphatic heterocycles. The van der Waals surface area contributed by atoms with Gasteiger partial charge in [-0.3, -0.25) is 4.79 Å². The Morgan fingerprint density at radius 2 is 2.13 bits per heavy atom. The minimum absolute atomic E-state index is 0.00652. The molecule has 1 aromatic carbocycles. The molecule has 0 bridgehead atoms. The molecule has 0 saturated carbocycles. The second kappa shape index (κ2) is 8.70. The lowest BCUT2D eigenvalue weighted by Crippen LogP contribution is -2.47. The molecular formula is C18H26N2O3. The molecular weight excluding hydrogens is 292 g/mol. The first kappa shape index (κ1) is 17.5. The topological polar surface area (TPSA) is 59.6 Å². The number of hydrogen-bond donors (Lipinski definition) is 2. The molecule has 0 unspecified atom stereocenters. The molecule has 0 radical (unpaired) electrons. The second-order valence-corrected chi connectivity index (χ2v) is 5.96. The molecule has 1 amide bonds. The van der Waals surface area contributed by atoms with Gasteiger partial charge in [0.25, 0.3) is 5.91 Å². The summed E-state index contributed by atoms with van der Waals surface area (Å²) in [5, 5.41) is 6.41. The van der Waals surface area contributed by atoms with E-state index in [2.05, 4.69) is 17.2 Å². The smallest absolute Gasteiger partial charge is 0.255 e. The van der Waals surface area contributed by atoms with E-state index in [-0.39, 0.29) is 11.3 Å². The molecule has 5 nitrogen and oxygen atoms in total. The zero-order valence-corrected chi connectivity index (χ0v) is 13.8. The van der Waals surface area contributed by atoms with Crippen LogP contribution >= 0.6 is 0 Å². The van der Waals surface area contributed by atoms with Crippen LogP contribution < -0.4 is 15.4 Å². The fraction of sp³-hybridized carbons (Fsp3) is 0.500. The minimum Gasteiger partial charge on any atom is -0.489 e. The third kappa shape index (κ3) is 4.81. The number of carbonyl (C=O) groups is 1. The zero-order chi connectivity index (χ0) is 16.5. The van der Waals surface area contributed by atoms with Gasteiger partial charge in [-0.25, -0.2) is 0 Å². The summed E-state index contributed by atoms with van der Waals surface area (Å²) in [7, 11) is 1.71. The largest absolute Gasteiger partial charge is 0.489 e. The lowest BCUT2D eigenvalue weighted by Gasteiger charge is -2.37. The van der Waals surface area contributed by atoms with Crippen molar-refractivity contribution in [3.05, 3.63) is 42.5 Å². The van der Waals surface area contributed by atoms with E-state index in [1.807, 2.05) is 12.1 Å². The lowest BCUT2D eigenvalue weighted by molar-refractivity contribution is 0.0511. The van der Waals surface area contributed by atoms with Gasteiger partial charge in [0.05, 0.1) is 12.2 Å². The van der Waals surface area contributed by atoms with Gasteiger partial charge in [0, 0.05) is 19.1 Å². The highest BCUT2D eigenvalue weighted by molar-refractivity contribution is 5.96. The normalized spacial score (nSPS) is 16.6. The molecule has 23 heavy (non-hydrogen) atoms. The summed E-state index contributed by atoms with van der Waals surface area (Å²) in [5.74, 6) is 0.467. The van der Waals surface area contributed by atoms with Crippen LogP contribution in [0.3, 0.4) is 0 Å². The minimum atomic E-state index is -0.112. The number of ether oxygens (including phenoxy) is 2. The maximum atomic E-state index is 12.5. The maximum Gasteiger partial charge on any atom is 0.255 e. The quantitative estimate of drug-likeness (QED) is 0.720. The van der Waals surface area contributed by atoms with E-state index in [0.717, 1.165) is 25.9 Å². The van der Waals surface area contributed by atoms with Crippen LogP contribution in [0.25, 0.3) is 0 Å². The molecule has 0 aliphatic carbocycles. The van der Waals surface area contributed by atoms with Crippen molar-refractivity contribution in [1.82, 2.24) is 10.6 Å². The molecule has 1 aromatic rings. The van der Waals surface area contributed by atoms with Crippen molar-refractivity contribution in [2.24, 2.45) is 5.41 Å². The van der Waals surface area contributed by atoms with Crippen molar-refractivity contribution in [3.63, 3.8) is 0 Å². The number of hydrogen-bond acceptors (Lipinski definition) is 4. The van der Waals surface area contributed by atoms with Gasteiger partial charge in [-0.2, -0.15) is 0 Å². The third-order valence-electron chi connectivity index (χ3n) is 4.23. The molecule has 2 N–H and O–H groups in total. The third-order valence-corrected chi connectivity index (χ3v) is 4.23. The number of amides is 1. The summed E-state index contributed by atoms with van der Waals surface area (Å²) in [6.07, 6.45) is 3.66. The van der Waals surface area contributed by atoms with Gasteiger partial charge in [-0.15, -0.1) is 0 Å². The van der Waals surface area contributed by atoms with Crippen molar-refractivity contribution in [2.75, 3.05) is 40.0 Å². The monoisotopic (exact) mass is 318 g/mol. The molecule has 1 aliphatic rings. The Hall–Kier alpha value is -1.85. The van der Waals surface area contributed by atoms with Gasteiger partial charge in [-0.05, 0) is 38.1 Å². The molecule has 5 heteroatoms. The summed E-state index contributed by atoms with van der Waals surface area (Å²) in [6.45, 7) is 7.19. The predicted octanol–water partition coefficient (Wildman–Crippen LogP) is 2.00. The van der Waals surface area contributed by atoms with Crippen molar-refractivity contribution < 1.29 is 14.3 Å². The Balaban J connectivity index is 2.02. The summed E-state index contributed by atoms with van der Waals surface area (Å²) in [6, 6.07) is 7.27. The van der Waals surface area contributed by atoms with Crippen LogP contribution in [0.2, 0.25) is 0 Å². The molecule has 2 rings (SSSR count). The Kier molecular flexibility index (Phi) is 6.62. The number of piperidine rings is 1. The summed E-state index contributed by atoms with van der Waals surface area (Å²) < 4.78 is 10.9. The Labute approximate surface area is 138 Å². The van der Waals surface area contributed by atoms with E-state index >= 15 is 0 Å². The van der Waals surface area contributed by atoms with Crippen molar-refractivity contribution in [3.8, 4) is 5.75 Å². The SMILES string of the molecule is C=CCOc1ccccc1C(=O)NCC1(COC)CCNCC1. The van der Waals surface area contributed by atoms with Crippen LogP contribution in [-0.4, -0.2) is 45.9 Å². The van der Waals surface area contributed by atoms with E-state index in [0.29, 0.717) is 31.1 Å². The first-order valence-corrected chi connectivity index (χ1v) is 8.01. The van der Waals surface area contributed by atoms with Crippen LogP contribution in [0, 0.1) is 5.41 Å². The molecule has 0 spiro atoms. The first-order chi connectivity index (χ1) is 11.2. The highest BCUT2D eigenvalue weighted by Crippen LogP contribution is 2.28. The Morgan fingerprint density at radius 3 is 2.83 bits per heavy atom. The van der Waals surface area contributed by atoms with Gasteiger partial charge in [0.1, 0.15) is 12.4 Å². The Bertz CT molecular complexity index is 519. The van der Waals surface area contributed by atoms with Gasteiger partial charge in [-0.1, -0.05) is 24.8 Å². The van der Waals surface area contributed by atoms with E-state index in [4.69, 9.17) is 9.47 Å². The van der Waals surface area contributed by atoms with Gasteiger partial charge in [0.2, 0.25) is 0 Å². The summed E-state index contributed by atoms with van der Waals surface area (Å²) >= 11 is 0. The number of nitrogens with one attached hydrogen (secondary N) is 2. The summed E-state index contributed by atoms with van der Waals surface area (Å²) in [5.41, 5.74) is 0.558. The standard InChI is InChI=1S/C18H26N2O3/c1-3-12-23-16-7-5-4-6-15(16)17(21)20-13-18(14-22-2)8-10-19-11-9-18/h3-7,19H,1,8-14H2,2H3,(H,20,21). The fourth-order valence-electron chi connectivity index (χ4n) is 2.93. The van der Waals surface area contributed by atoms with Gasteiger partial charge < -0.3 is 20.1 Å². The number of carbonyl (C=O) groups excluding carboxylic acids is 1. The fourth-order valence-corrected chi connectivity index (χ4v) is 2.93. The summed E-state index contributed by atoms with van der Waals surface area (Å²) in [4.78, 5) is 12.5. The number of rotatable bonds is 8.